The van der Waals surface area contributed by atoms with Crippen molar-refractivity contribution in [3.8, 4) is 5.69 Å². The number of hydrogen-bond acceptors (Lipinski definition) is 7. The molecule has 2 radical (unpaired) electrons. The van der Waals surface area contributed by atoms with Gasteiger partial charge in [0.25, 0.3) is 11.1 Å². The first-order valence-electron chi connectivity index (χ1n) is 12.0. The number of benzene rings is 2. The minimum Gasteiger partial charge on any atom is -0.352 e. The molecule has 2 heterocycles. The maximum atomic E-state index is 14.6. The van der Waals surface area contributed by atoms with E-state index in [1.165, 1.54) is 41.9 Å². The Morgan fingerprint density at radius 3 is 2.49 bits per heavy atom. The first-order valence-corrected chi connectivity index (χ1v) is 13.7. The van der Waals surface area contributed by atoms with Crippen molar-refractivity contribution in [3.05, 3.63) is 85.5 Å². The predicted octanol–water partition coefficient (Wildman–Crippen LogP) is 0.563. The van der Waals surface area contributed by atoms with Gasteiger partial charge in [-0.15, -0.1) is 0 Å². The van der Waals surface area contributed by atoms with Crippen LogP contribution in [0.5, 0.6) is 0 Å². The van der Waals surface area contributed by atoms with E-state index in [2.05, 4.69) is 10.0 Å². The molecule has 0 spiro atoms. The van der Waals surface area contributed by atoms with Gasteiger partial charge in [0.1, 0.15) is 24.7 Å². The van der Waals surface area contributed by atoms with Gasteiger partial charge < -0.3 is 11.1 Å². The summed E-state index contributed by atoms with van der Waals surface area (Å²) in [5, 5.41) is 2.80. The monoisotopic (exact) mass is 550 g/mol. The predicted molar refractivity (Wildman–Crippen MR) is 149 cm³/mol. The number of hydrogen-bond donors (Lipinski definition) is 3. The van der Waals surface area contributed by atoms with Gasteiger partial charge in [-0.1, -0.05) is 17.6 Å². The third-order valence-corrected chi connectivity index (χ3v) is 7.71. The second kappa shape index (κ2) is 9.86. The molecule has 0 amide bonds. The van der Waals surface area contributed by atoms with Crippen LogP contribution in [0.4, 0.5) is 21.5 Å². The smallest absolute Gasteiger partial charge is 0.337 e. The fourth-order valence-electron chi connectivity index (χ4n) is 4.42. The summed E-state index contributed by atoms with van der Waals surface area (Å²) in [5.41, 5.74) is 3.98. The van der Waals surface area contributed by atoms with Crippen LogP contribution in [0.3, 0.4) is 0 Å². The quantitative estimate of drug-likeness (QED) is 0.272. The molecule has 0 unspecified atom stereocenters. The molecule has 1 saturated carbocycles. The molecule has 1 aliphatic rings. The number of pyridine rings is 1. The van der Waals surface area contributed by atoms with Crippen molar-refractivity contribution in [1.29, 1.82) is 0 Å². The Kier molecular flexibility index (Phi) is 6.68. The number of fused-ring (bicyclic) bond motifs is 1. The van der Waals surface area contributed by atoms with Crippen molar-refractivity contribution in [2.75, 3.05) is 22.3 Å². The average molecular weight is 550 g/mol. The highest BCUT2D eigenvalue weighted by Crippen LogP contribution is 2.33. The molecule has 14 heteroatoms. The van der Waals surface area contributed by atoms with Crippen LogP contribution in [0.1, 0.15) is 18.9 Å². The van der Waals surface area contributed by atoms with Crippen LogP contribution in [0.25, 0.3) is 16.7 Å². The van der Waals surface area contributed by atoms with E-state index in [4.69, 9.17) is 13.6 Å². The fourth-order valence-corrected chi connectivity index (χ4v) is 5.32. The SMILES string of the molecule is [B]c1ccc(Nc2cc(=O)n(C)c3c2c(=O)n(C2CC2)c(=O)n3-c2cccc(NS(=O)(=O)CCN)c2)c(F)c1. The Morgan fingerprint density at radius 1 is 1.08 bits per heavy atom. The first kappa shape index (κ1) is 26.4. The molecule has 1 aliphatic carbocycles. The molecular formula is C25H24BFN6O5S. The van der Waals surface area contributed by atoms with Crippen LogP contribution in [-0.2, 0) is 17.1 Å². The molecule has 0 atom stereocenters. The van der Waals surface area contributed by atoms with Crippen LogP contribution in [0, 0.1) is 5.82 Å². The maximum absolute atomic E-state index is 14.6. The largest absolute Gasteiger partial charge is 0.352 e. The lowest BCUT2D eigenvalue weighted by atomic mass is 9.96. The lowest BCUT2D eigenvalue weighted by Crippen LogP contribution is -2.41. The molecule has 5 rings (SSSR count). The summed E-state index contributed by atoms with van der Waals surface area (Å²) in [5.74, 6) is -1.00. The minimum absolute atomic E-state index is 0.00437. The molecule has 39 heavy (non-hydrogen) atoms. The fraction of sp³-hybridized carbons (Fsp3) is 0.240. The van der Waals surface area contributed by atoms with Crippen LogP contribution in [-0.4, -0.2) is 42.3 Å². The van der Waals surface area contributed by atoms with Crippen molar-refractivity contribution in [2.24, 2.45) is 12.8 Å². The third-order valence-electron chi connectivity index (χ3n) is 6.39. The molecule has 0 aliphatic heterocycles. The van der Waals surface area contributed by atoms with E-state index < -0.39 is 32.6 Å². The zero-order valence-electron chi connectivity index (χ0n) is 20.8. The molecule has 2 aromatic carbocycles. The molecule has 1 fully saturated rings. The summed E-state index contributed by atoms with van der Waals surface area (Å²) < 4.78 is 45.1. The molecule has 4 aromatic rings. The summed E-state index contributed by atoms with van der Waals surface area (Å²) >= 11 is 0. The normalized spacial score (nSPS) is 13.5. The second-order valence-corrected chi connectivity index (χ2v) is 11.1. The number of nitrogens with two attached hydrogens (primary N) is 1. The molecule has 2 aromatic heterocycles. The molecular weight excluding hydrogens is 526 g/mol. The van der Waals surface area contributed by atoms with Crippen LogP contribution < -0.4 is 38.0 Å². The summed E-state index contributed by atoms with van der Waals surface area (Å²) in [6, 6.07) is 10.7. The molecule has 11 nitrogen and oxygen atoms in total. The van der Waals surface area contributed by atoms with E-state index in [0.29, 0.717) is 12.8 Å². The van der Waals surface area contributed by atoms with Crippen molar-refractivity contribution < 1.29 is 12.8 Å². The average Bonchev–Trinajstić information content (AvgIpc) is 3.69. The van der Waals surface area contributed by atoms with Crippen molar-refractivity contribution in [2.45, 2.75) is 18.9 Å². The zero-order chi connectivity index (χ0) is 28.1. The van der Waals surface area contributed by atoms with Gasteiger partial charge in [-0.3, -0.25) is 23.4 Å². The van der Waals surface area contributed by atoms with Crippen molar-refractivity contribution >= 4 is 51.4 Å². The zero-order valence-corrected chi connectivity index (χ0v) is 21.7. The Balaban J connectivity index is 1.81. The number of aromatic nitrogens is 3. The summed E-state index contributed by atoms with van der Waals surface area (Å²) in [4.78, 5) is 40.5. The Labute approximate surface area is 223 Å². The molecule has 0 bridgehead atoms. The molecule has 200 valence electrons. The number of nitrogens with zero attached hydrogens (tertiary/aromatic N) is 3. The maximum Gasteiger partial charge on any atom is 0.337 e. The summed E-state index contributed by atoms with van der Waals surface area (Å²) in [7, 11) is 3.31. The van der Waals surface area contributed by atoms with E-state index in [0.717, 1.165) is 21.3 Å². The van der Waals surface area contributed by atoms with Gasteiger partial charge in [0.05, 0.1) is 28.5 Å². The third kappa shape index (κ3) is 5.00. The van der Waals surface area contributed by atoms with E-state index in [1.54, 1.807) is 6.07 Å². The number of rotatable bonds is 8. The summed E-state index contributed by atoms with van der Waals surface area (Å²) in [6.07, 6.45) is 1.22. The Bertz CT molecular complexity index is 1910. The van der Waals surface area contributed by atoms with Gasteiger partial charge in [-0.05, 0) is 43.2 Å². The van der Waals surface area contributed by atoms with Gasteiger partial charge in [0.2, 0.25) is 10.0 Å². The van der Waals surface area contributed by atoms with Gasteiger partial charge in [-0.2, -0.15) is 0 Å². The van der Waals surface area contributed by atoms with Gasteiger partial charge in [-0.25, -0.2) is 22.2 Å². The van der Waals surface area contributed by atoms with E-state index >= 15 is 0 Å². The van der Waals surface area contributed by atoms with Crippen molar-refractivity contribution in [1.82, 2.24) is 13.7 Å². The number of sulfonamides is 1. The first-order chi connectivity index (χ1) is 18.5. The highest BCUT2D eigenvalue weighted by atomic mass is 32.2. The topological polar surface area (TPSA) is 150 Å². The van der Waals surface area contributed by atoms with Gasteiger partial charge >= 0.3 is 5.69 Å². The number of anilines is 3. The lowest BCUT2D eigenvalue weighted by molar-refractivity contribution is 0.601. The molecule has 4 N–H and O–H groups in total. The van der Waals surface area contributed by atoms with Crippen LogP contribution in [0.2, 0.25) is 0 Å². The second-order valence-electron chi connectivity index (χ2n) is 9.30. The highest BCUT2D eigenvalue weighted by Gasteiger charge is 2.31. The number of nitrogens with one attached hydrogen (secondary N) is 2. The van der Waals surface area contributed by atoms with Gasteiger partial charge in [0, 0.05) is 25.7 Å². The van der Waals surface area contributed by atoms with Gasteiger partial charge in [0.15, 0.2) is 0 Å². The van der Waals surface area contributed by atoms with Crippen molar-refractivity contribution in [3.63, 3.8) is 0 Å². The van der Waals surface area contributed by atoms with E-state index in [-0.39, 0.29) is 57.6 Å². The number of halogens is 1. The highest BCUT2D eigenvalue weighted by molar-refractivity contribution is 7.92. The Hall–Kier alpha value is -4.17. The molecule has 0 saturated heterocycles. The minimum atomic E-state index is -3.75. The standard InChI is InChI=1S/C25H24BFN6O5S/c1-31-21(34)13-20(29-19-8-5-14(26)11-18(19)27)22-23(31)32(25(36)33(24(22)35)16-6-7-16)17-4-2-3-15(12-17)30-39(37,38)10-9-28/h2-5,8,11-13,16,29-30H,6-7,9-10,28H2,1H3. The Morgan fingerprint density at radius 2 is 1.82 bits per heavy atom. The van der Waals surface area contributed by atoms with E-state index in [9.17, 15) is 27.2 Å². The van der Waals surface area contributed by atoms with Crippen LogP contribution in [0.15, 0.2) is 62.9 Å². The summed E-state index contributed by atoms with van der Waals surface area (Å²) in [6.45, 7) is -0.0854. The number of aryl methyl sites for hydroxylation is 1. The van der Waals surface area contributed by atoms with E-state index in [1.807, 2.05) is 0 Å². The van der Waals surface area contributed by atoms with Crippen LogP contribution >= 0.6 is 0 Å². The lowest BCUT2D eigenvalue weighted by Gasteiger charge is -2.19.